The van der Waals surface area contributed by atoms with Gasteiger partial charge in [0.1, 0.15) is 0 Å². The summed E-state index contributed by atoms with van der Waals surface area (Å²) in [6.07, 6.45) is 1.72. The summed E-state index contributed by atoms with van der Waals surface area (Å²) < 4.78 is 9.79. The molecule has 0 radical (unpaired) electrons. The van der Waals surface area contributed by atoms with E-state index in [2.05, 4.69) is 11.4 Å². The highest BCUT2D eigenvalue weighted by molar-refractivity contribution is 5.99. The van der Waals surface area contributed by atoms with Gasteiger partial charge in [-0.15, -0.1) is 0 Å². The third-order valence-corrected chi connectivity index (χ3v) is 4.07. The summed E-state index contributed by atoms with van der Waals surface area (Å²) in [5.74, 6) is -1.49. The second-order valence-corrected chi connectivity index (χ2v) is 6.12. The number of nitrogens with one attached hydrogen (secondary N) is 1. The number of carbonyl (C=O) groups excluding carboxylic acids is 2. The number of hydrogen-bond acceptors (Lipinski definition) is 6. The molecule has 0 aliphatic heterocycles. The number of hydrogen-bond donors (Lipinski definition) is 1. The monoisotopic (exact) mass is 392 g/mol. The molecule has 0 unspecified atom stereocenters. The van der Waals surface area contributed by atoms with Crippen LogP contribution in [0.3, 0.4) is 0 Å². The number of carbonyl (C=O) groups is 2. The first-order chi connectivity index (χ1) is 14.1. The van der Waals surface area contributed by atoms with Gasteiger partial charge in [0.25, 0.3) is 0 Å². The van der Waals surface area contributed by atoms with Crippen LogP contribution in [0.4, 0.5) is 0 Å². The molecule has 0 atom stereocenters. The Labute approximate surface area is 170 Å². The van der Waals surface area contributed by atoms with Crippen LogP contribution in [0.25, 0.3) is 11.1 Å². The zero-order chi connectivity index (χ0) is 21.1. The number of nitrogens with zero attached hydrogens (tertiary/aromatic N) is 1. The second-order valence-electron chi connectivity index (χ2n) is 6.12. The first-order valence-corrected chi connectivity index (χ1v) is 9.41. The zero-order valence-electron chi connectivity index (χ0n) is 16.6. The molecule has 0 aromatic heterocycles. The van der Waals surface area contributed by atoms with Crippen molar-refractivity contribution < 1.29 is 19.1 Å². The summed E-state index contributed by atoms with van der Waals surface area (Å²) in [6, 6.07) is 18.7. The van der Waals surface area contributed by atoms with Crippen molar-refractivity contribution in [3.8, 4) is 17.2 Å². The molecule has 0 aliphatic rings. The van der Waals surface area contributed by atoms with Crippen LogP contribution in [0.2, 0.25) is 0 Å². The molecule has 2 rings (SSSR count). The molecule has 0 fully saturated rings. The maximum Gasteiger partial charge on any atom is 0.340 e. The van der Waals surface area contributed by atoms with Crippen LogP contribution in [-0.4, -0.2) is 31.2 Å². The van der Waals surface area contributed by atoms with E-state index in [0.717, 1.165) is 16.7 Å². The van der Waals surface area contributed by atoms with Crippen molar-refractivity contribution in [2.45, 2.75) is 26.3 Å². The van der Waals surface area contributed by atoms with Crippen molar-refractivity contribution in [3.05, 3.63) is 71.9 Å². The van der Waals surface area contributed by atoms with Gasteiger partial charge in [0.05, 0.1) is 19.3 Å². The Morgan fingerprint density at radius 1 is 0.966 bits per heavy atom. The van der Waals surface area contributed by atoms with E-state index in [-0.39, 0.29) is 13.2 Å². The average molecular weight is 392 g/mol. The lowest BCUT2D eigenvalue weighted by Crippen LogP contribution is -2.43. The molecule has 29 heavy (non-hydrogen) atoms. The lowest BCUT2D eigenvalue weighted by atomic mass is 10.0. The maximum absolute atomic E-state index is 12.0. The van der Waals surface area contributed by atoms with Crippen LogP contribution < -0.4 is 5.32 Å². The Hall–Kier alpha value is -3.59. The Morgan fingerprint density at radius 3 is 2.03 bits per heavy atom. The molecular formula is C23H24N2O4. The lowest BCUT2D eigenvalue weighted by molar-refractivity contribution is -0.157. The van der Waals surface area contributed by atoms with Gasteiger partial charge in [0, 0.05) is 18.2 Å². The van der Waals surface area contributed by atoms with Crippen LogP contribution in [0.1, 0.15) is 19.4 Å². The maximum atomic E-state index is 12.0. The first kappa shape index (κ1) is 21.7. The topological polar surface area (TPSA) is 88.4 Å². The number of rotatable bonds is 9. The van der Waals surface area contributed by atoms with E-state index in [0.29, 0.717) is 12.0 Å². The van der Waals surface area contributed by atoms with E-state index < -0.39 is 18.0 Å². The molecule has 0 heterocycles. The Bertz CT molecular complexity index is 865. The minimum Gasteiger partial charge on any atom is -0.464 e. The molecule has 0 saturated carbocycles. The van der Waals surface area contributed by atoms with Gasteiger partial charge >= 0.3 is 11.9 Å². The highest BCUT2D eigenvalue weighted by atomic mass is 16.6. The molecule has 0 bridgehead atoms. The van der Waals surface area contributed by atoms with E-state index in [1.165, 1.54) is 6.20 Å². The van der Waals surface area contributed by atoms with Crippen molar-refractivity contribution in [3.63, 3.8) is 0 Å². The van der Waals surface area contributed by atoms with Gasteiger partial charge in [0.15, 0.2) is 0 Å². The molecular weight excluding hydrogens is 368 g/mol. The molecule has 0 aliphatic carbocycles. The van der Waals surface area contributed by atoms with Gasteiger partial charge in [0.2, 0.25) is 6.04 Å². The molecule has 6 nitrogen and oxygen atoms in total. The molecule has 0 amide bonds. The van der Waals surface area contributed by atoms with Crippen molar-refractivity contribution >= 4 is 11.9 Å². The summed E-state index contributed by atoms with van der Waals surface area (Å²) in [5, 5.41) is 12.1. The van der Waals surface area contributed by atoms with Gasteiger partial charge in [-0.25, -0.2) is 9.59 Å². The summed E-state index contributed by atoms with van der Waals surface area (Å²) in [5.41, 5.74) is 3.50. The van der Waals surface area contributed by atoms with Gasteiger partial charge < -0.3 is 14.8 Å². The molecule has 150 valence electrons. The van der Waals surface area contributed by atoms with E-state index >= 15 is 0 Å². The zero-order valence-corrected chi connectivity index (χ0v) is 16.6. The Morgan fingerprint density at radius 2 is 1.52 bits per heavy atom. The number of esters is 2. The van der Waals surface area contributed by atoms with Crippen LogP contribution in [-0.2, 0) is 25.5 Å². The fraction of sp³-hybridized carbons (Fsp3) is 0.261. The molecule has 1 N–H and O–H groups in total. The first-order valence-electron chi connectivity index (χ1n) is 9.41. The fourth-order valence-electron chi connectivity index (χ4n) is 2.66. The average Bonchev–Trinajstić information content (AvgIpc) is 2.74. The van der Waals surface area contributed by atoms with E-state index in [1.807, 2.05) is 54.6 Å². The predicted octanol–water partition coefficient (Wildman–Crippen LogP) is 3.39. The minimum atomic E-state index is -1.31. The Balaban J connectivity index is 2.09. The second kappa shape index (κ2) is 11.3. The van der Waals surface area contributed by atoms with Gasteiger partial charge in [-0.3, -0.25) is 0 Å². The van der Waals surface area contributed by atoms with Gasteiger partial charge in [-0.2, -0.15) is 5.26 Å². The highest BCUT2D eigenvalue weighted by Crippen LogP contribution is 2.20. The van der Waals surface area contributed by atoms with Crippen molar-refractivity contribution in [1.82, 2.24) is 5.32 Å². The SMILES string of the molecule is CCOC(=O)C(N/C=C(\C#N)Cc1ccc(-c2ccccc2)cc1)C(=O)OCC. The molecule has 2 aromatic rings. The van der Waals surface area contributed by atoms with Crippen LogP contribution in [0.15, 0.2) is 66.4 Å². The minimum absolute atomic E-state index is 0.138. The number of benzene rings is 2. The normalized spacial score (nSPS) is 10.9. The third-order valence-electron chi connectivity index (χ3n) is 4.07. The standard InChI is InChI=1S/C23H24N2O4/c1-3-28-22(26)21(23(27)29-4-2)25-16-18(15-24)14-17-10-12-20(13-11-17)19-8-6-5-7-9-19/h5-13,16,21,25H,3-4,14H2,1-2H3/b18-16-. The number of ether oxygens (including phenoxy) is 2. The molecule has 0 saturated heterocycles. The van der Waals surface area contributed by atoms with Crippen LogP contribution in [0, 0.1) is 11.3 Å². The van der Waals surface area contributed by atoms with Crippen molar-refractivity contribution in [2.75, 3.05) is 13.2 Å². The summed E-state index contributed by atoms with van der Waals surface area (Å²) in [7, 11) is 0. The summed E-state index contributed by atoms with van der Waals surface area (Å²) in [4.78, 5) is 24.0. The molecule has 2 aromatic carbocycles. The van der Waals surface area contributed by atoms with E-state index in [9.17, 15) is 14.9 Å². The van der Waals surface area contributed by atoms with Crippen molar-refractivity contribution in [2.24, 2.45) is 0 Å². The van der Waals surface area contributed by atoms with Crippen LogP contribution in [0.5, 0.6) is 0 Å². The smallest absolute Gasteiger partial charge is 0.340 e. The van der Waals surface area contributed by atoms with E-state index in [4.69, 9.17) is 9.47 Å². The molecule has 6 heteroatoms. The highest BCUT2D eigenvalue weighted by Gasteiger charge is 2.28. The van der Waals surface area contributed by atoms with Crippen molar-refractivity contribution in [1.29, 1.82) is 5.26 Å². The fourth-order valence-corrected chi connectivity index (χ4v) is 2.66. The number of nitriles is 1. The summed E-state index contributed by atoms with van der Waals surface area (Å²) in [6.45, 7) is 3.57. The quantitative estimate of drug-likeness (QED) is 0.400. The Kier molecular flexibility index (Phi) is 8.46. The van der Waals surface area contributed by atoms with Gasteiger partial charge in [-0.05, 0) is 30.5 Å². The van der Waals surface area contributed by atoms with Gasteiger partial charge in [-0.1, -0.05) is 54.6 Å². The number of allylic oxidation sites excluding steroid dienone is 1. The lowest BCUT2D eigenvalue weighted by Gasteiger charge is -2.14. The predicted molar refractivity (Wildman–Crippen MR) is 109 cm³/mol. The van der Waals surface area contributed by atoms with E-state index in [1.54, 1.807) is 13.8 Å². The summed E-state index contributed by atoms with van der Waals surface area (Å²) >= 11 is 0. The van der Waals surface area contributed by atoms with Crippen LogP contribution >= 0.6 is 0 Å². The molecule has 0 spiro atoms. The largest absolute Gasteiger partial charge is 0.464 e. The third kappa shape index (κ3) is 6.51.